The highest BCUT2D eigenvalue weighted by atomic mass is 19.1. The van der Waals surface area contributed by atoms with Gasteiger partial charge in [0.2, 0.25) is 0 Å². The van der Waals surface area contributed by atoms with Crippen molar-refractivity contribution >= 4 is 12.3 Å². The first kappa shape index (κ1) is 11.4. The molecule has 3 nitrogen and oxygen atoms in total. The van der Waals surface area contributed by atoms with Gasteiger partial charge in [-0.1, -0.05) is 24.3 Å². The zero-order chi connectivity index (χ0) is 11.3. The molecule has 0 radical (unpaired) electrons. The summed E-state index contributed by atoms with van der Waals surface area (Å²) in [4.78, 5) is 21.0. The summed E-state index contributed by atoms with van der Waals surface area (Å²) in [5.41, 5.74) is 1.25. The van der Waals surface area contributed by atoms with Gasteiger partial charge in [0.1, 0.15) is 18.9 Å². The second kappa shape index (κ2) is 5.24. The Hall–Kier alpha value is -1.71. The van der Waals surface area contributed by atoms with E-state index < -0.39 is 18.6 Å². The molecule has 0 fully saturated rings. The molecule has 0 aliphatic carbocycles. The molecule has 15 heavy (non-hydrogen) atoms. The van der Waals surface area contributed by atoms with Crippen molar-refractivity contribution in [3.8, 4) is 0 Å². The van der Waals surface area contributed by atoms with Gasteiger partial charge in [-0.3, -0.25) is 4.79 Å². The largest absolute Gasteiger partial charge is 0.481 e. The maximum atomic E-state index is 12.2. The van der Waals surface area contributed by atoms with Crippen LogP contribution >= 0.6 is 0 Å². The lowest BCUT2D eigenvalue weighted by molar-refractivity contribution is -0.143. The monoisotopic (exact) mass is 210 g/mol. The molecule has 0 heterocycles. The number of rotatable bonds is 5. The summed E-state index contributed by atoms with van der Waals surface area (Å²) in [6.45, 7) is -0.545. The minimum atomic E-state index is -1.14. The predicted molar refractivity (Wildman–Crippen MR) is 52.1 cm³/mol. The number of carbonyl (C=O) groups is 2. The summed E-state index contributed by atoms with van der Waals surface area (Å²) in [5, 5.41) is 8.64. The fraction of sp³-hybridized carbons (Fsp3) is 0.273. The SMILES string of the molecule is O=CC(Cc1ccc(CF)cc1)C(=O)O. The fourth-order valence-corrected chi connectivity index (χ4v) is 1.21. The molecule has 1 aromatic carbocycles. The molecular formula is C11H11FO3. The number of carboxylic acids is 1. The molecular weight excluding hydrogens is 199 g/mol. The minimum absolute atomic E-state index is 0.144. The summed E-state index contributed by atoms with van der Waals surface area (Å²) in [6, 6.07) is 6.43. The van der Waals surface area contributed by atoms with Crippen molar-refractivity contribution in [2.75, 3.05) is 0 Å². The number of hydrogen-bond acceptors (Lipinski definition) is 2. The topological polar surface area (TPSA) is 54.4 Å². The lowest BCUT2D eigenvalue weighted by Crippen LogP contribution is -2.17. The minimum Gasteiger partial charge on any atom is -0.481 e. The lowest BCUT2D eigenvalue weighted by Gasteiger charge is -2.05. The summed E-state index contributed by atoms with van der Waals surface area (Å²) >= 11 is 0. The number of benzene rings is 1. The molecule has 0 bridgehead atoms. The Morgan fingerprint density at radius 1 is 1.33 bits per heavy atom. The molecule has 0 aromatic heterocycles. The molecule has 0 amide bonds. The van der Waals surface area contributed by atoms with Crippen molar-refractivity contribution in [3.05, 3.63) is 35.4 Å². The van der Waals surface area contributed by atoms with E-state index in [2.05, 4.69) is 0 Å². The number of halogens is 1. The standard InChI is InChI=1S/C11H11FO3/c12-6-9-3-1-8(2-4-9)5-10(7-13)11(14)15/h1-4,7,10H,5-6H2,(H,14,15). The maximum Gasteiger partial charge on any atom is 0.314 e. The third kappa shape index (κ3) is 3.16. The lowest BCUT2D eigenvalue weighted by atomic mass is 10.00. The van der Waals surface area contributed by atoms with Crippen molar-refractivity contribution < 1.29 is 19.1 Å². The van der Waals surface area contributed by atoms with Crippen LogP contribution in [0.3, 0.4) is 0 Å². The summed E-state index contributed by atoms with van der Waals surface area (Å²) < 4.78 is 12.2. The van der Waals surface area contributed by atoms with Crippen LogP contribution in [-0.4, -0.2) is 17.4 Å². The van der Waals surface area contributed by atoms with Gasteiger partial charge in [0.15, 0.2) is 0 Å². The second-order valence-electron chi connectivity index (χ2n) is 3.24. The van der Waals surface area contributed by atoms with E-state index in [1.54, 1.807) is 24.3 Å². The number of aldehydes is 1. The Kier molecular flexibility index (Phi) is 3.97. The summed E-state index contributed by atoms with van der Waals surface area (Å²) in [7, 11) is 0. The normalized spacial score (nSPS) is 12.1. The number of carboxylic acid groups (broad SMARTS) is 1. The molecule has 1 rings (SSSR count). The molecule has 80 valence electrons. The van der Waals surface area contributed by atoms with Crippen molar-refractivity contribution in [3.63, 3.8) is 0 Å². The highest BCUT2D eigenvalue weighted by molar-refractivity contribution is 5.86. The number of hydrogen-bond donors (Lipinski definition) is 1. The molecule has 1 N–H and O–H groups in total. The van der Waals surface area contributed by atoms with Gasteiger partial charge >= 0.3 is 5.97 Å². The first-order valence-electron chi connectivity index (χ1n) is 4.49. The van der Waals surface area contributed by atoms with E-state index in [0.717, 1.165) is 0 Å². The van der Waals surface area contributed by atoms with Crippen LogP contribution in [0.5, 0.6) is 0 Å². The third-order valence-electron chi connectivity index (χ3n) is 2.11. The number of aliphatic carboxylic acids is 1. The Balaban J connectivity index is 2.71. The average molecular weight is 210 g/mol. The van der Waals surface area contributed by atoms with Crippen molar-refractivity contribution in [2.24, 2.45) is 5.92 Å². The van der Waals surface area contributed by atoms with Gasteiger partial charge in [0, 0.05) is 0 Å². The van der Waals surface area contributed by atoms with Crippen LogP contribution in [0, 0.1) is 5.92 Å². The highest BCUT2D eigenvalue weighted by Gasteiger charge is 2.16. The van der Waals surface area contributed by atoms with Gasteiger partial charge in [0.05, 0.1) is 0 Å². The quantitative estimate of drug-likeness (QED) is 0.593. The Morgan fingerprint density at radius 3 is 2.27 bits per heavy atom. The van der Waals surface area contributed by atoms with Gasteiger partial charge in [0.25, 0.3) is 0 Å². The Morgan fingerprint density at radius 2 is 1.87 bits per heavy atom. The molecule has 1 atom stereocenters. The number of carbonyl (C=O) groups excluding carboxylic acids is 1. The first-order valence-corrected chi connectivity index (χ1v) is 4.49. The molecule has 1 unspecified atom stereocenters. The molecule has 1 aromatic rings. The molecule has 0 saturated heterocycles. The molecule has 4 heteroatoms. The van der Waals surface area contributed by atoms with Crippen LogP contribution < -0.4 is 0 Å². The van der Waals surface area contributed by atoms with E-state index in [1.165, 1.54) is 0 Å². The van der Waals surface area contributed by atoms with Gasteiger partial charge in [-0.15, -0.1) is 0 Å². The zero-order valence-electron chi connectivity index (χ0n) is 8.02. The Labute approximate surface area is 86.5 Å². The molecule has 0 saturated carbocycles. The predicted octanol–water partition coefficient (Wildman–Crippen LogP) is 1.60. The highest BCUT2D eigenvalue weighted by Crippen LogP contribution is 2.10. The van der Waals surface area contributed by atoms with Crippen molar-refractivity contribution in [2.45, 2.75) is 13.1 Å². The number of alkyl halides is 1. The van der Waals surface area contributed by atoms with E-state index in [9.17, 15) is 14.0 Å². The van der Waals surface area contributed by atoms with E-state index in [4.69, 9.17) is 5.11 Å². The summed E-state index contributed by atoms with van der Waals surface area (Å²) in [5.74, 6) is -2.17. The Bertz CT molecular complexity index is 345. The third-order valence-corrected chi connectivity index (χ3v) is 2.11. The maximum absolute atomic E-state index is 12.2. The smallest absolute Gasteiger partial charge is 0.314 e. The molecule has 0 aliphatic rings. The van der Waals surface area contributed by atoms with Crippen LogP contribution in [0.25, 0.3) is 0 Å². The van der Waals surface area contributed by atoms with Crippen molar-refractivity contribution in [1.82, 2.24) is 0 Å². The molecule has 0 aliphatic heterocycles. The van der Waals surface area contributed by atoms with Crippen molar-refractivity contribution in [1.29, 1.82) is 0 Å². The van der Waals surface area contributed by atoms with Gasteiger partial charge < -0.3 is 9.90 Å². The summed E-state index contributed by atoms with van der Waals surface area (Å²) in [6.07, 6.45) is 0.552. The van der Waals surface area contributed by atoms with Crippen LogP contribution in [0.15, 0.2) is 24.3 Å². The van der Waals surface area contributed by atoms with Crippen LogP contribution in [-0.2, 0) is 22.7 Å². The van der Waals surface area contributed by atoms with Crippen LogP contribution in [0.1, 0.15) is 11.1 Å². The van der Waals surface area contributed by atoms with Crippen LogP contribution in [0.2, 0.25) is 0 Å². The zero-order valence-corrected chi connectivity index (χ0v) is 8.02. The van der Waals surface area contributed by atoms with E-state index in [0.29, 0.717) is 17.4 Å². The van der Waals surface area contributed by atoms with Gasteiger partial charge in [-0.2, -0.15) is 0 Å². The van der Waals surface area contributed by atoms with E-state index >= 15 is 0 Å². The van der Waals surface area contributed by atoms with E-state index in [1.807, 2.05) is 0 Å². The van der Waals surface area contributed by atoms with Crippen LogP contribution in [0.4, 0.5) is 4.39 Å². The van der Waals surface area contributed by atoms with E-state index in [-0.39, 0.29) is 6.42 Å². The fourth-order valence-electron chi connectivity index (χ4n) is 1.21. The van der Waals surface area contributed by atoms with Gasteiger partial charge in [-0.05, 0) is 17.5 Å². The second-order valence-corrected chi connectivity index (χ2v) is 3.24. The first-order chi connectivity index (χ1) is 7.17. The molecule has 0 spiro atoms. The average Bonchev–Trinajstić information content (AvgIpc) is 2.26. The van der Waals surface area contributed by atoms with Gasteiger partial charge in [-0.25, -0.2) is 4.39 Å².